The molecule has 1 amide bonds. The van der Waals surface area contributed by atoms with E-state index in [0.717, 1.165) is 34.9 Å². The Morgan fingerprint density at radius 2 is 1.79 bits per heavy atom. The zero-order valence-electron chi connectivity index (χ0n) is 15.1. The van der Waals surface area contributed by atoms with Gasteiger partial charge in [-0.25, -0.2) is 0 Å². The smallest absolute Gasteiger partial charge is 0.227 e. The first kappa shape index (κ1) is 18.3. The molecule has 0 heterocycles. The minimum absolute atomic E-state index is 0.0250. The van der Waals surface area contributed by atoms with Gasteiger partial charge in [0, 0.05) is 6.54 Å². The third kappa shape index (κ3) is 3.70. The maximum atomic E-state index is 12.7. The molecule has 2 aromatic rings. The summed E-state index contributed by atoms with van der Waals surface area (Å²) in [5, 5.41) is 5.36. The van der Waals surface area contributed by atoms with E-state index < -0.39 is 0 Å². The third-order valence-corrected chi connectivity index (χ3v) is 5.10. The molecule has 0 bridgehead atoms. The number of amides is 1. The summed E-state index contributed by atoms with van der Waals surface area (Å²) in [4.78, 5) is 12.7. The van der Waals surface area contributed by atoms with Crippen molar-refractivity contribution in [2.75, 3.05) is 13.7 Å². The topological polar surface area (TPSA) is 64.3 Å². The molecule has 130 valence electrons. The van der Waals surface area contributed by atoms with Crippen LogP contribution < -0.4 is 15.8 Å². The Bertz CT molecular complexity index is 700. The van der Waals surface area contributed by atoms with E-state index in [1.165, 1.54) is 0 Å². The summed E-state index contributed by atoms with van der Waals surface area (Å²) in [6.07, 6.45) is 1.66. The van der Waals surface area contributed by atoms with E-state index in [0.29, 0.717) is 6.54 Å². The standard InChI is InChI=1S/C20H28N2O2/c1-5-20(6-2,13-21)22-19(23)14(3)15-7-8-17-12-18(24-4)10-9-16(17)11-15/h7-12,14H,5-6,13,21H2,1-4H3,(H,22,23). The average molecular weight is 328 g/mol. The summed E-state index contributed by atoms with van der Waals surface area (Å²) in [5.74, 6) is 0.636. The lowest BCUT2D eigenvalue weighted by Gasteiger charge is -2.32. The van der Waals surface area contributed by atoms with Crippen molar-refractivity contribution < 1.29 is 9.53 Å². The summed E-state index contributed by atoms with van der Waals surface area (Å²) in [5.41, 5.74) is 6.58. The lowest BCUT2D eigenvalue weighted by atomic mass is 9.90. The maximum absolute atomic E-state index is 12.7. The van der Waals surface area contributed by atoms with Crippen molar-refractivity contribution in [3.05, 3.63) is 42.0 Å². The van der Waals surface area contributed by atoms with E-state index >= 15 is 0 Å². The first-order valence-corrected chi connectivity index (χ1v) is 8.58. The van der Waals surface area contributed by atoms with Gasteiger partial charge >= 0.3 is 0 Å². The fourth-order valence-electron chi connectivity index (χ4n) is 2.93. The van der Waals surface area contributed by atoms with E-state index in [4.69, 9.17) is 10.5 Å². The predicted molar refractivity (Wildman–Crippen MR) is 99.4 cm³/mol. The van der Waals surface area contributed by atoms with Crippen molar-refractivity contribution >= 4 is 16.7 Å². The van der Waals surface area contributed by atoms with Crippen molar-refractivity contribution in [2.24, 2.45) is 5.73 Å². The van der Waals surface area contributed by atoms with Gasteiger partial charge in [-0.05, 0) is 48.2 Å². The molecule has 2 rings (SSSR count). The monoisotopic (exact) mass is 328 g/mol. The minimum atomic E-state index is -0.310. The SMILES string of the molecule is CCC(CC)(CN)NC(=O)C(C)c1ccc2cc(OC)ccc2c1. The van der Waals surface area contributed by atoms with Gasteiger partial charge in [-0.15, -0.1) is 0 Å². The Morgan fingerprint density at radius 3 is 2.38 bits per heavy atom. The number of carbonyl (C=O) groups is 1. The van der Waals surface area contributed by atoms with Crippen LogP contribution in [0.1, 0.15) is 45.1 Å². The number of hydrogen-bond donors (Lipinski definition) is 2. The minimum Gasteiger partial charge on any atom is -0.497 e. The van der Waals surface area contributed by atoms with Gasteiger partial charge in [0.25, 0.3) is 0 Å². The molecule has 2 aromatic carbocycles. The van der Waals surface area contributed by atoms with E-state index in [1.54, 1.807) is 7.11 Å². The highest BCUT2D eigenvalue weighted by Gasteiger charge is 2.28. The molecular weight excluding hydrogens is 300 g/mol. The van der Waals surface area contributed by atoms with Crippen molar-refractivity contribution in [1.82, 2.24) is 5.32 Å². The van der Waals surface area contributed by atoms with Crippen LogP contribution >= 0.6 is 0 Å². The first-order valence-electron chi connectivity index (χ1n) is 8.58. The molecule has 0 aliphatic carbocycles. The zero-order chi connectivity index (χ0) is 17.7. The van der Waals surface area contributed by atoms with Crippen molar-refractivity contribution in [2.45, 2.75) is 45.1 Å². The Morgan fingerprint density at radius 1 is 1.17 bits per heavy atom. The second-order valence-electron chi connectivity index (χ2n) is 6.38. The van der Waals surface area contributed by atoms with Gasteiger partial charge in [0.05, 0.1) is 18.6 Å². The Labute approximate surface area is 144 Å². The number of benzene rings is 2. The molecule has 0 saturated heterocycles. The number of carbonyl (C=O) groups excluding carboxylic acids is 1. The van der Waals surface area contributed by atoms with Crippen LogP contribution in [0.25, 0.3) is 10.8 Å². The van der Waals surface area contributed by atoms with Crippen LogP contribution in [0.5, 0.6) is 5.75 Å². The van der Waals surface area contributed by atoms with Crippen LogP contribution in [0.4, 0.5) is 0 Å². The highest BCUT2D eigenvalue weighted by atomic mass is 16.5. The Kier molecular flexibility index (Phi) is 5.84. The second-order valence-corrected chi connectivity index (χ2v) is 6.38. The number of ether oxygens (including phenoxy) is 1. The van der Waals surface area contributed by atoms with Gasteiger partial charge < -0.3 is 15.8 Å². The number of rotatable bonds is 7. The summed E-state index contributed by atoms with van der Waals surface area (Å²) in [7, 11) is 1.66. The fourth-order valence-corrected chi connectivity index (χ4v) is 2.93. The number of methoxy groups -OCH3 is 1. The summed E-state index contributed by atoms with van der Waals surface area (Å²) >= 11 is 0. The molecule has 0 aromatic heterocycles. The summed E-state index contributed by atoms with van der Waals surface area (Å²) in [6, 6.07) is 12.1. The Hall–Kier alpha value is -2.07. The number of hydrogen-bond acceptors (Lipinski definition) is 3. The third-order valence-electron chi connectivity index (χ3n) is 5.10. The molecule has 1 unspecified atom stereocenters. The van der Waals surface area contributed by atoms with Crippen LogP contribution in [0.3, 0.4) is 0 Å². The molecule has 0 radical (unpaired) electrons. The van der Waals surface area contributed by atoms with Crippen LogP contribution in [0.15, 0.2) is 36.4 Å². The van der Waals surface area contributed by atoms with E-state index in [9.17, 15) is 4.79 Å². The average Bonchev–Trinajstić information content (AvgIpc) is 2.64. The molecule has 0 spiro atoms. The van der Waals surface area contributed by atoms with Gasteiger partial charge in [-0.3, -0.25) is 4.79 Å². The number of nitrogens with two attached hydrogens (primary N) is 1. The summed E-state index contributed by atoms with van der Waals surface area (Å²) < 4.78 is 5.25. The molecule has 3 N–H and O–H groups in total. The second kappa shape index (κ2) is 7.67. The van der Waals surface area contributed by atoms with Crippen LogP contribution in [0, 0.1) is 0 Å². The van der Waals surface area contributed by atoms with Crippen molar-refractivity contribution in [1.29, 1.82) is 0 Å². The fraction of sp³-hybridized carbons (Fsp3) is 0.450. The largest absolute Gasteiger partial charge is 0.497 e. The van der Waals surface area contributed by atoms with E-state index in [1.807, 2.05) is 37.3 Å². The Balaban J connectivity index is 2.24. The van der Waals surface area contributed by atoms with Crippen molar-refractivity contribution in [3.63, 3.8) is 0 Å². The molecule has 4 nitrogen and oxygen atoms in total. The van der Waals surface area contributed by atoms with Crippen LogP contribution in [-0.2, 0) is 4.79 Å². The van der Waals surface area contributed by atoms with E-state index in [2.05, 4.69) is 25.2 Å². The van der Waals surface area contributed by atoms with Gasteiger partial charge in [0.15, 0.2) is 0 Å². The van der Waals surface area contributed by atoms with Crippen molar-refractivity contribution in [3.8, 4) is 5.75 Å². The van der Waals surface area contributed by atoms with Crippen LogP contribution in [-0.4, -0.2) is 25.1 Å². The lowest BCUT2D eigenvalue weighted by Crippen LogP contribution is -2.53. The molecule has 0 aliphatic rings. The summed E-state index contributed by atoms with van der Waals surface area (Å²) in [6.45, 7) is 6.51. The molecular formula is C20H28N2O2. The zero-order valence-corrected chi connectivity index (χ0v) is 15.1. The molecule has 0 saturated carbocycles. The normalized spacial score (nSPS) is 12.9. The molecule has 24 heavy (non-hydrogen) atoms. The quantitative estimate of drug-likeness (QED) is 0.816. The van der Waals surface area contributed by atoms with Crippen LogP contribution in [0.2, 0.25) is 0 Å². The van der Waals surface area contributed by atoms with Gasteiger partial charge in [0.1, 0.15) is 5.75 Å². The number of fused-ring (bicyclic) bond motifs is 1. The van der Waals surface area contributed by atoms with E-state index in [-0.39, 0.29) is 17.4 Å². The lowest BCUT2D eigenvalue weighted by molar-refractivity contribution is -0.124. The van der Waals surface area contributed by atoms with Gasteiger partial charge in [-0.1, -0.05) is 38.1 Å². The highest BCUT2D eigenvalue weighted by Crippen LogP contribution is 2.26. The highest BCUT2D eigenvalue weighted by molar-refractivity contribution is 5.88. The first-order chi connectivity index (χ1) is 11.5. The molecule has 0 aliphatic heterocycles. The molecule has 1 atom stereocenters. The predicted octanol–water partition coefficient (Wildman–Crippen LogP) is 3.59. The number of nitrogens with one attached hydrogen (secondary N) is 1. The molecule has 0 fully saturated rings. The van der Waals surface area contributed by atoms with Gasteiger partial charge in [-0.2, -0.15) is 0 Å². The maximum Gasteiger partial charge on any atom is 0.227 e. The van der Waals surface area contributed by atoms with Gasteiger partial charge in [0.2, 0.25) is 5.91 Å². The molecule has 4 heteroatoms.